The van der Waals surface area contributed by atoms with Gasteiger partial charge >= 0.3 is 0 Å². The van der Waals surface area contributed by atoms with Gasteiger partial charge in [0.1, 0.15) is 11.2 Å². The van der Waals surface area contributed by atoms with Gasteiger partial charge < -0.3 is 14.6 Å². The number of hydrogen-bond acceptors (Lipinski definition) is 5. The molecule has 0 aliphatic carbocycles. The van der Waals surface area contributed by atoms with Gasteiger partial charge in [-0.1, -0.05) is 28.9 Å². The molecule has 0 radical (unpaired) electrons. The second kappa shape index (κ2) is 7.02. The summed E-state index contributed by atoms with van der Waals surface area (Å²) < 4.78 is 10.9. The van der Waals surface area contributed by atoms with Gasteiger partial charge in [-0.25, -0.2) is 4.98 Å². The van der Waals surface area contributed by atoms with Crippen LogP contribution in [-0.4, -0.2) is 29.9 Å². The standard InChI is InChI=1S/C19H20ClN3O2/c1-12-18-19(25-23-12)17(21-11-13-6-8-24-9-7-13)10-16(22-18)14-2-4-15(20)5-3-14/h2-5,10,13H,6-9,11H2,1H3,(H,21,22). The summed E-state index contributed by atoms with van der Waals surface area (Å²) in [4.78, 5) is 4.73. The minimum atomic E-state index is 0.611. The van der Waals surface area contributed by atoms with Gasteiger partial charge in [-0.05, 0) is 43.9 Å². The molecule has 0 unspecified atom stereocenters. The molecule has 3 aromatic rings. The molecule has 130 valence electrons. The van der Waals surface area contributed by atoms with E-state index in [0.717, 1.165) is 60.8 Å². The van der Waals surface area contributed by atoms with E-state index in [-0.39, 0.29) is 0 Å². The molecule has 2 aromatic heterocycles. The van der Waals surface area contributed by atoms with Gasteiger partial charge in [-0.3, -0.25) is 0 Å². The maximum atomic E-state index is 6.00. The summed E-state index contributed by atoms with van der Waals surface area (Å²) >= 11 is 6.00. The Hall–Kier alpha value is -2.11. The number of aromatic nitrogens is 2. The van der Waals surface area contributed by atoms with Gasteiger partial charge in [0.05, 0.1) is 11.4 Å². The van der Waals surface area contributed by atoms with E-state index in [1.807, 2.05) is 37.3 Å². The van der Waals surface area contributed by atoms with Crippen molar-refractivity contribution >= 4 is 28.4 Å². The lowest BCUT2D eigenvalue weighted by Gasteiger charge is -2.22. The molecule has 1 aromatic carbocycles. The van der Waals surface area contributed by atoms with Crippen LogP contribution in [0.15, 0.2) is 34.9 Å². The molecule has 5 nitrogen and oxygen atoms in total. The lowest BCUT2D eigenvalue weighted by atomic mass is 10.0. The molecule has 0 bridgehead atoms. The lowest BCUT2D eigenvalue weighted by molar-refractivity contribution is 0.0699. The Morgan fingerprint density at radius 3 is 2.72 bits per heavy atom. The average molecular weight is 358 g/mol. The Balaban J connectivity index is 1.67. The highest BCUT2D eigenvalue weighted by Gasteiger charge is 2.17. The highest BCUT2D eigenvalue weighted by Crippen LogP contribution is 2.31. The topological polar surface area (TPSA) is 60.2 Å². The van der Waals surface area contributed by atoms with Crippen molar-refractivity contribution in [3.05, 3.63) is 41.0 Å². The number of nitrogens with one attached hydrogen (secondary N) is 1. The fourth-order valence-electron chi connectivity index (χ4n) is 3.13. The molecule has 1 aliphatic heterocycles. The summed E-state index contributed by atoms with van der Waals surface area (Å²) in [6.07, 6.45) is 2.17. The van der Waals surface area contributed by atoms with E-state index in [0.29, 0.717) is 16.5 Å². The molecule has 0 spiro atoms. The highest BCUT2D eigenvalue weighted by molar-refractivity contribution is 6.30. The van der Waals surface area contributed by atoms with Crippen molar-refractivity contribution in [2.24, 2.45) is 5.92 Å². The Kier molecular flexibility index (Phi) is 4.59. The third-order valence-corrected chi connectivity index (χ3v) is 4.90. The summed E-state index contributed by atoms with van der Waals surface area (Å²) in [6.45, 7) is 4.49. The van der Waals surface area contributed by atoms with Crippen LogP contribution in [0.25, 0.3) is 22.4 Å². The van der Waals surface area contributed by atoms with E-state index in [9.17, 15) is 0 Å². The van der Waals surface area contributed by atoms with Gasteiger partial charge in [-0.15, -0.1) is 0 Å². The first-order chi connectivity index (χ1) is 12.2. The van der Waals surface area contributed by atoms with Crippen LogP contribution in [0.2, 0.25) is 5.02 Å². The number of anilines is 1. The molecule has 0 amide bonds. The number of rotatable bonds is 4. The van der Waals surface area contributed by atoms with E-state index in [4.69, 9.17) is 25.8 Å². The molecular formula is C19H20ClN3O2. The lowest BCUT2D eigenvalue weighted by Crippen LogP contribution is -2.22. The zero-order valence-corrected chi connectivity index (χ0v) is 14.8. The predicted molar refractivity (Wildman–Crippen MR) is 99.0 cm³/mol. The van der Waals surface area contributed by atoms with Crippen molar-refractivity contribution in [2.45, 2.75) is 19.8 Å². The second-order valence-corrected chi connectivity index (χ2v) is 6.88. The highest BCUT2D eigenvalue weighted by atomic mass is 35.5. The Labute approximate surface area is 151 Å². The fourth-order valence-corrected chi connectivity index (χ4v) is 3.26. The molecule has 4 rings (SSSR count). The largest absolute Gasteiger partial charge is 0.382 e. The minimum Gasteiger partial charge on any atom is -0.382 e. The molecule has 3 heterocycles. The van der Waals surface area contributed by atoms with Crippen LogP contribution in [-0.2, 0) is 4.74 Å². The molecule has 1 saturated heterocycles. The molecule has 1 fully saturated rings. The smallest absolute Gasteiger partial charge is 0.208 e. The van der Waals surface area contributed by atoms with Crippen LogP contribution < -0.4 is 5.32 Å². The van der Waals surface area contributed by atoms with E-state index in [1.54, 1.807) is 0 Å². The van der Waals surface area contributed by atoms with E-state index in [2.05, 4.69) is 10.5 Å². The zero-order chi connectivity index (χ0) is 17.2. The molecule has 1 aliphatic rings. The van der Waals surface area contributed by atoms with Crippen molar-refractivity contribution in [1.82, 2.24) is 10.1 Å². The van der Waals surface area contributed by atoms with Gasteiger partial charge in [0.15, 0.2) is 0 Å². The van der Waals surface area contributed by atoms with Crippen LogP contribution in [0, 0.1) is 12.8 Å². The summed E-state index contributed by atoms with van der Waals surface area (Å²) in [5.74, 6) is 0.611. The van der Waals surface area contributed by atoms with Gasteiger partial charge in [0.2, 0.25) is 5.58 Å². The predicted octanol–water partition coefficient (Wildman–Crippen LogP) is 4.69. The van der Waals surface area contributed by atoms with E-state index >= 15 is 0 Å². The maximum Gasteiger partial charge on any atom is 0.208 e. The number of ether oxygens (including phenoxy) is 1. The minimum absolute atomic E-state index is 0.611. The van der Waals surface area contributed by atoms with E-state index in [1.165, 1.54) is 0 Å². The van der Waals surface area contributed by atoms with Crippen LogP contribution in [0.3, 0.4) is 0 Å². The molecule has 25 heavy (non-hydrogen) atoms. The van der Waals surface area contributed by atoms with Crippen LogP contribution >= 0.6 is 11.6 Å². The molecule has 1 N–H and O–H groups in total. The average Bonchev–Trinajstić information content (AvgIpc) is 3.02. The Morgan fingerprint density at radius 2 is 1.96 bits per heavy atom. The van der Waals surface area contributed by atoms with Crippen molar-refractivity contribution in [3.8, 4) is 11.3 Å². The maximum absolute atomic E-state index is 6.00. The normalized spacial score (nSPS) is 15.6. The van der Waals surface area contributed by atoms with Crippen molar-refractivity contribution in [2.75, 3.05) is 25.1 Å². The van der Waals surface area contributed by atoms with Crippen LogP contribution in [0.1, 0.15) is 18.5 Å². The van der Waals surface area contributed by atoms with Crippen molar-refractivity contribution in [3.63, 3.8) is 0 Å². The van der Waals surface area contributed by atoms with Gasteiger partial charge in [0.25, 0.3) is 0 Å². The number of hydrogen-bond donors (Lipinski definition) is 1. The molecular weight excluding hydrogens is 338 g/mol. The third kappa shape index (κ3) is 3.48. The SMILES string of the molecule is Cc1noc2c(NCC3CCOCC3)cc(-c3ccc(Cl)cc3)nc12. The van der Waals surface area contributed by atoms with Gasteiger partial charge in [-0.2, -0.15) is 0 Å². The summed E-state index contributed by atoms with van der Waals surface area (Å²) in [5.41, 5.74) is 5.12. The van der Waals surface area contributed by atoms with E-state index < -0.39 is 0 Å². The summed E-state index contributed by atoms with van der Waals surface area (Å²) in [7, 11) is 0. The molecule has 0 atom stereocenters. The second-order valence-electron chi connectivity index (χ2n) is 6.44. The quantitative estimate of drug-likeness (QED) is 0.734. The number of benzene rings is 1. The van der Waals surface area contributed by atoms with Crippen molar-refractivity contribution in [1.29, 1.82) is 0 Å². The Morgan fingerprint density at radius 1 is 1.20 bits per heavy atom. The first-order valence-corrected chi connectivity index (χ1v) is 8.93. The third-order valence-electron chi connectivity index (χ3n) is 4.65. The fraction of sp³-hybridized carbons (Fsp3) is 0.368. The summed E-state index contributed by atoms with van der Waals surface area (Å²) in [5, 5.41) is 8.33. The first-order valence-electron chi connectivity index (χ1n) is 8.55. The molecule has 0 saturated carbocycles. The van der Waals surface area contributed by atoms with Crippen LogP contribution in [0.4, 0.5) is 5.69 Å². The first kappa shape index (κ1) is 16.4. The number of pyridine rings is 1. The number of aryl methyl sites for hydroxylation is 1. The zero-order valence-electron chi connectivity index (χ0n) is 14.1. The monoisotopic (exact) mass is 357 g/mol. The number of halogens is 1. The number of fused-ring (bicyclic) bond motifs is 1. The molecule has 6 heteroatoms. The number of nitrogens with zero attached hydrogens (tertiary/aromatic N) is 2. The summed E-state index contributed by atoms with van der Waals surface area (Å²) in [6, 6.07) is 9.72. The van der Waals surface area contributed by atoms with Gasteiger partial charge in [0, 0.05) is 30.3 Å². The van der Waals surface area contributed by atoms with Crippen molar-refractivity contribution < 1.29 is 9.26 Å². The Bertz CT molecular complexity index is 870. The van der Waals surface area contributed by atoms with Crippen LogP contribution in [0.5, 0.6) is 0 Å².